The fraction of sp³-hybridized carbons (Fsp3) is 0.237. The van der Waals surface area contributed by atoms with Crippen LogP contribution in [0.15, 0.2) is 133 Å². The molecule has 0 spiro atoms. The van der Waals surface area contributed by atoms with Gasteiger partial charge in [-0.25, -0.2) is 9.59 Å². The average molecular weight is 620 g/mol. The summed E-state index contributed by atoms with van der Waals surface area (Å²) in [6.45, 7) is 1.72. The number of likely N-dealkylation sites (tertiary alicyclic amines) is 1. The first kappa shape index (κ1) is 32.3. The van der Waals surface area contributed by atoms with Gasteiger partial charge in [-0.3, -0.25) is 9.69 Å². The van der Waals surface area contributed by atoms with Crippen LogP contribution in [0, 0.1) is 0 Å². The lowest BCUT2D eigenvalue weighted by atomic mass is 10.1. The number of carbonyl (C=O) groups excluding carboxylic acids is 3. The first-order valence-electron chi connectivity index (χ1n) is 15.2. The highest BCUT2D eigenvalue weighted by molar-refractivity contribution is 5.89. The lowest BCUT2D eigenvalue weighted by Gasteiger charge is -2.29. The van der Waals surface area contributed by atoms with Crippen molar-refractivity contribution in [2.45, 2.75) is 51.0 Å². The number of carbonyl (C=O) groups is 3. The van der Waals surface area contributed by atoms with Crippen molar-refractivity contribution >= 4 is 17.8 Å². The van der Waals surface area contributed by atoms with Crippen LogP contribution in [0.3, 0.4) is 0 Å². The van der Waals surface area contributed by atoms with E-state index in [-0.39, 0.29) is 32.2 Å². The highest BCUT2D eigenvalue weighted by Crippen LogP contribution is 2.34. The lowest BCUT2D eigenvalue weighted by molar-refractivity contribution is -0.112. The summed E-state index contributed by atoms with van der Waals surface area (Å²) < 4.78 is 24.7. The molecule has 8 nitrogen and oxygen atoms in total. The summed E-state index contributed by atoms with van der Waals surface area (Å²) in [6.07, 6.45) is 0.914. The molecule has 1 heterocycles. The molecule has 1 aliphatic rings. The zero-order chi connectivity index (χ0) is 32.1. The van der Waals surface area contributed by atoms with Crippen LogP contribution in [0.1, 0.15) is 34.0 Å². The van der Waals surface area contributed by atoms with Crippen molar-refractivity contribution in [1.82, 2.24) is 4.90 Å². The minimum atomic E-state index is -0.804. The Bertz CT molecular complexity index is 1580. The predicted molar refractivity (Wildman–Crippen MR) is 173 cm³/mol. The average Bonchev–Trinajstić information content (AvgIpc) is 3.40. The summed E-state index contributed by atoms with van der Waals surface area (Å²) in [7, 11) is 0. The second-order valence-electron chi connectivity index (χ2n) is 11.0. The van der Waals surface area contributed by atoms with Crippen molar-refractivity contribution in [3.05, 3.63) is 156 Å². The zero-order valence-corrected chi connectivity index (χ0v) is 25.6. The van der Waals surface area contributed by atoms with Crippen molar-refractivity contribution in [3.8, 4) is 0 Å². The minimum absolute atomic E-state index is 0.0287. The number of ether oxygens (including phenoxy) is 4. The van der Waals surface area contributed by atoms with Gasteiger partial charge in [0.15, 0.2) is 5.78 Å². The Hall–Kier alpha value is -5.05. The smallest absolute Gasteiger partial charge is 0.411 e. The van der Waals surface area contributed by atoms with Gasteiger partial charge < -0.3 is 18.9 Å². The van der Waals surface area contributed by atoms with E-state index in [0.717, 1.165) is 16.7 Å². The fourth-order valence-corrected chi connectivity index (χ4v) is 5.36. The molecule has 1 fully saturated rings. The lowest BCUT2D eigenvalue weighted by Crippen LogP contribution is -2.46. The van der Waals surface area contributed by atoms with Gasteiger partial charge in [-0.1, -0.05) is 115 Å². The molecule has 0 radical (unpaired) electrons. The summed E-state index contributed by atoms with van der Waals surface area (Å²) in [4.78, 5) is 40.7. The molecule has 0 bridgehead atoms. The molecule has 4 aromatic rings. The summed E-state index contributed by atoms with van der Waals surface area (Å²) in [5, 5.41) is 0. The Morgan fingerprint density at radius 2 is 1.11 bits per heavy atom. The first-order chi connectivity index (χ1) is 22.5. The SMILES string of the molecule is CC(=O)/C=C/[C@@H]1[C@@H](OCc2ccccc2)[C@H](OCc2ccccc2)[C@H](COC(=O)c2ccccc2)N1C(=O)OCc1ccccc1. The third-order valence-electron chi connectivity index (χ3n) is 7.63. The Morgan fingerprint density at radius 3 is 1.63 bits per heavy atom. The highest BCUT2D eigenvalue weighted by atomic mass is 16.6. The molecule has 4 atom stereocenters. The molecule has 0 aliphatic carbocycles. The molecule has 0 aromatic heterocycles. The summed E-state index contributed by atoms with van der Waals surface area (Å²) in [6, 6.07) is 35.7. The van der Waals surface area contributed by atoms with E-state index in [1.165, 1.54) is 17.9 Å². The zero-order valence-electron chi connectivity index (χ0n) is 25.6. The molecule has 1 amide bonds. The molecule has 0 saturated carbocycles. The van der Waals surface area contributed by atoms with Gasteiger partial charge in [-0.2, -0.15) is 0 Å². The highest BCUT2D eigenvalue weighted by Gasteiger charge is 2.53. The maximum absolute atomic E-state index is 14.0. The van der Waals surface area contributed by atoms with Gasteiger partial charge in [0.25, 0.3) is 0 Å². The Kier molecular flexibility index (Phi) is 11.5. The number of hydrogen-bond acceptors (Lipinski definition) is 7. The van der Waals surface area contributed by atoms with Crippen LogP contribution in [0.5, 0.6) is 0 Å². The van der Waals surface area contributed by atoms with Crippen LogP contribution in [0.2, 0.25) is 0 Å². The number of allylic oxidation sites excluding steroid dienone is 1. The second-order valence-corrected chi connectivity index (χ2v) is 11.0. The number of esters is 1. The van der Waals surface area contributed by atoms with Crippen molar-refractivity contribution < 1.29 is 33.3 Å². The van der Waals surface area contributed by atoms with Gasteiger partial charge in [0, 0.05) is 0 Å². The number of amides is 1. The van der Waals surface area contributed by atoms with E-state index in [9.17, 15) is 14.4 Å². The van der Waals surface area contributed by atoms with E-state index >= 15 is 0 Å². The molecule has 236 valence electrons. The van der Waals surface area contributed by atoms with E-state index in [0.29, 0.717) is 5.56 Å². The molecule has 0 N–H and O–H groups in total. The number of ketones is 1. The summed E-state index contributed by atoms with van der Waals surface area (Å²) in [5.41, 5.74) is 3.04. The van der Waals surface area contributed by atoms with Crippen LogP contribution in [-0.2, 0) is 43.6 Å². The van der Waals surface area contributed by atoms with Crippen molar-refractivity contribution in [3.63, 3.8) is 0 Å². The molecule has 0 unspecified atom stereocenters. The molecule has 5 rings (SSSR count). The van der Waals surface area contributed by atoms with Crippen LogP contribution in [0.4, 0.5) is 4.79 Å². The minimum Gasteiger partial charge on any atom is -0.460 e. The van der Waals surface area contributed by atoms with Gasteiger partial charge in [0.2, 0.25) is 0 Å². The number of nitrogens with zero attached hydrogens (tertiary/aromatic N) is 1. The predicted octanol–water partition coefficient (Wildman–Crippen LogP) is 6.55. The van der Waals surface area contributed by atoms with E-state index in [4.69, 9.17) is 18.9 Å². The molecule has 8 heteroatoms. The van der Waals surface area contributed by atoms with Crippen LogP contribution < -0.4 is 0 Å². The van der Waals surface area contributed by atoms with Crippen molar-refractivity contribution in [1.29, 1.82) is 0 Å². The maximum Gasteiger partial charge on any atom is 0.411 e. The molecular formula is C38H37NO7. The first-order valence-corrected chi connectivity index (χ1v) is 15.2. The van der Waals surface area contributed by atoms with Gasteiger partial charge in [-0.05, 0) is 41.8 Å². The standard InChI is InChI=1S/C38H37NO7/c1-28(40)22-23-33-35(43-24-29-14-6-2-7-15-29)36(44-25-30-16-8-3-9-17-30)34(27-45-37(41)32-20-12-5-13-21-32)39(33)38(42)46-26-31-18-10-4-11-19-31/h2-23,33-36H,24-27H2,1H3/b23-22+/t33-,34+,35-,36-/m1/s1. The molecular weight excluding hydrogens is 582 g/mol. The third kappa shape index (κ3) is 8.78. The van der Waals surface area contributed by atoms with Crippen LogP contribution >= 0.6 is 0 Å². The second kappa shape index (κ2) is 16.3. The molecule has 1 aliphatic heterocycles. The summed E-state index contributed by atoms with van der Waals surface area (Å²) >= 11 is 0. The van der Waals surface area contributed by atoms with E-state index in [1.807, 2.05) is 97.1 Å². The Balaban J connectivity index is 1.49. The third-order valence-corrected chi connectivity index (χ3v) is 7.63. The van der Waals surface area contributed by atoms with Gasteiger partial charge in [-0.15, -0.1) is 0 Å². The number of rotatable bonds is 13. The molecule has 46 heavy (non-hydrogen) atoms. The van der Waals surface area contributed by atoms with Gasteiger partial charge >= 0.3 is 12.1 Å². The number of hydrogen-bond donors (Lipinski definition) is 0. The topological polar surface area (TPSA) is 91.4 Å². The van der Waals surface area contributed by atoms with E-state index in [1.54, 1.807) is 30.3 Å². The van der Waals surface area contributed by atoms with Crippen LogP contribution in [0.25, 0.3) is 0 Å². The van der Waals surface area contributed by atoms with Gasteiger partial charge in [0.1, 0.15) is 25.4 Å². The molecule has 4 aromatic carbocycles. The quantitative estimate of drug-likeness (QED) is 0.124. The number of benzene rings is 4. The fourth-order valence-electron chi connectivity index (χ4n) is 5.36. The normalized spacial score (nSPS) is 19.2. The monoisotopic (exact) mass is 619 g/mol. The van der Waals surface area contributed by atoms with Crippen molar-refractivity contribution in [2.75, 3.05) is 6.61 Å². The molecule has 1 saturated heterocycles. The van der Waals surface area contributed by atoms with E-state index in [2.05, 4.69) is 0 Å². The largest absolute Gasteiger partial charge is 0.460 e. The Labute approximate surface area is 269 Å². The maximum atomic E-state index is 14.0. The van der Waals surface area contributed by atoms with Crippen molar-refractivity contribution in [2.24, 2.45) is 0 Å². The van der Waals surface area contributed by atoms with Gasteiger partial charge in [0.05, 0.1) is 30.9 Å². The Morgan fingerprint density at radius 1 is 0.630 bits per heavy atom. The summed E-state index contributed by atoms with van der Waals surface area (Å²) in [5.74, 6) is -0.732. The van der Waals surface area contributed by atoms with E-state index < -0.39 is 36.4 Å². The van der Waals surface area contributed by atoms with Crippen LogP contribution in [-0.4, -0.2) is 53.6 Å².